The molecule has 1 saturated heterocycles. The van der Waals surface area contributed by atoms with Gasteiger partial charge in [-0.05, 0) is 31.1 Å². The molecule has 0 amide bonds. The fraction of sp³-hybridized carbons (Fsp3) is 0.667. The number of ether oxygens (including phenoxy) is 1. The van der Waals surface area contributed by atoms with Crippen molar-refractivity contribution >= 4 is 29.9 Å². The van der Waals surface area contributed by atoms with Crippen molar-refractivity contribution in [3.05, 3.63) is 35.4 Å². The molecule has 0 aromatic heterocycles. The average Bonchev–Trinajstić information content (AvgIpc) is 2.62. The molecule has 2 rings (SSSR count). The Labute approximate surface area is 188 Å². The molecule has 1 unspecified atom stereocenters. The van der Waals surface area contributed by atoms with Gasteiger partial charge >= 0.3 is 0 Å². The molecule has 160 valence electrons. The van der Waals surface area contributed by atoms with Gasteiger partial charge < -0.3 is 20.3 Å². The minimum absolute atomic E-state index is 0. The summed E-state index contributed by atoms with van der Waals surface area (Å²) in [6.45, 7) is 11.0. The van der Waals surface area contributed by atoms with Crippen LogP contribution in [0.3, 0.4) is 0 Å². The molecular formula is C21H38IN5O. The van der Waals surface area contributed by atoms with E-state index < -0.39 is 0 Å². The van der Waals surface area contributed by atoms with Crippen LogP contribution < -0.4 is 10.6 Å². The van der Waals surface area contributed by atoms with Gasteiger partial charge in [-0.15, -0.1) is 24.0 Å². The Kier molecular flexibility index (Phi) is 12.0. The van der Waals surface area contributed by atoms with Crippen molar-refractivity contribution in [1.82, 2.24) is 20.4 Å². The van der Waals surface area contributed by atoms with E-state index in [-0.39, 0.29) is 30.1 Å². The van der Waals surface area contributed by atoms with E-state index in [4.69, 9.17) is 4.74 Å². The third-order valence-electron chi connectivity index (χ3n) is 4.55. The van der Waals surface area contributed by atoms with Gasteiger partial charge in [-0.25, -0.2) is 0 Å². The summed E-state index contributed by atoms with van der Waals surface area (Å²) in [5, 5.41) is 6.79. The highest BCUT2D eigenvalue weighted by atomic mass is 127. The lowest BCUT2D eigenvalue weighted by atomic mass is 10.1. The van der Waals surface area contributed by atoms with E-state index in [0.717, 1.165) is 51.8 Å². The molecule has 1 aliphatic rings. The average molecular weight is 503 g/mol. The molecule has 0 aliphatic carbocycles. The van der Waals surface area contributed by atoms with Gasteiger partial charge in [0.2, 0.25) is 0 Å². The van der Waals surface area contributed by atoms with Gasteiger partial charge in [0.1, 0.15) is 0 Å². The SMILES string of the molecule is CN=C(NCc1ccc(CN(C)C)cc1)NCC1CN(CC(C)C)CCO1.I. The van der Waals surface area contributed by atoms with Crippen molar-refractivity contribution in [3.63, 3.8) is 0 Å². The number of guanidine groups is 1. The van der Waals surface area contributed by atoms with E-state index in [0.29, 0.717) is 5.92 Å². The fourth-order valence-electron chi connectivity index (χ4n) is 3.33. The molecule has 0 radical (unpaired) electrons. The van der Waals surface area contributed by atoms with Crippen LogP contribution in [0.5, 0.6) is 0 Å². The summed E-state index contributed by atoms with van der Waals surface area (Å²) in [7, 11) is 5.98. The van der Waals surface area contributed by atoms with E-state index in [1.165, 1.54) is 11.1 Å². The minimum Gasteiger partial charge on any atom is -0.374 e. The molecular weight excluding hydrogens is 465 g/mol. The first-order valence-electron chi connectivity index (χ1n) is 9.97. The Morgan fingerprint density at radius 2 is 1.89 bits per heavy atom. The molecule has 7 heteroatoms. The normalized spacial score (nSPS) is 18.2. The van der Waals surface area contributed by atoms with E-state index in [1.54, 1.807) is 0 Å². The summed E-state index contributed by atoms with van der Waals surface area (Å²) in [4.78, 5) is 9.00. The highest BCUT2D eigenvalue weighted by Gasteiger charge is 2.21. The van der Waals surface area contributed by atoms with Crippen LogP contribution in [0.2, 0.25) is 0 Å². The summed E-state index contributed by atoms with van der Waals surface area (Å²) in [6.07, 6.45) is 0.210. The molecule has 28 heavy (non-hydrogen) atoms. The maximum Gasteiger partial charge on any atom is 0.191 e. The molecule has 1 aromatic carbocycles. The number of benzene rings is 1. The summed E-state index contributed by atoms with van der Waals surface area (Å²) >= 11 is 0. The van der Waals surface area contributed by atoms with Crippen LogP contribution in [0.25, 0.3) is 0 Å². The van der Waals surface area contributed by atoms with Crippen molar-refractivity contribution in [2.75, 3.05) is 53.9 Å². The number of rotatable bonds is 8. The lowest BCUT2D eigenvalue weighted by Gasteiger charge is -2.34. The van der Waals surface area contributed by atoms with E-state index in [1.807, 2.05) is 7.05 Å². The number of hydrogen-bond donors (Lipinski definition) is 2. The lowest BCUT2D eigenvalue weighted by molar-refractivity contribution is -0.0284. The van der Waals surface area contributed by atoms with Gasteiger partial charge in [0.05, 0.1) is 12.7 Å². The largest absolute Gasteiger partial charge is 0.374 e. The first-order valence-corrected chi connectivity index (χ1v) is 9.97. The zero-order chi connectivity index (χ0) is 19.6. The number of halogens is 1. The molecule has 1 atom stereocenters. The quantitative estimate of drug-likeness (QED) is 0.324. The van der Waals surface area contributed by atoms with Crippen molar-refractivity contribution in [2.45, 2.75) is 33.0 Å². The Balaban J connectivity index is 0.00000392. The van der Waals surface area contributed by atoms with Gasteiger partial charge in [0.25, 0.3) is 0 Å². The number of nitrogens with one attached hydrogen (secondary N) is 2. The first kappa shape index (κ1) is 25.1. The second-order valence-corrected chi connectivity index (χ2v) is 8.01. The van der Waals surface area contributed by atoms with Crippen LogP contribution in [0.15, 0.2) is 29.3 Å². The molecule has 1 aromatic rings. The zero-order valence-electron chi connectivity index (χ0n) is 18.1. The van der Waals surface area contributed by atoms with Gasteiger partial charge in [0, 0.05) is 46.3 Å². The minimum atomic E-state index is 0. The zero-order valence-corrected chi connectivity index (χ0v) is 20.4. The lowest BCUT2D eigenvalue weighted by Crippen LogP contribution is -2.50. The van der Waals surface area contributed by atoms with Crippen LogP contribution in [0.4, 0.5) is 0 Å². The van der Waals surface area contributed by atoms with Crippen LogP contribution in [-0.2, 0) is 17.8 Å². The predicted octanol–water partition coefficient (Wildman–Crippen LogP) is 2.39. The number of hydrogen-bond acceptors (Lipinski definition) is 4. The fourth-order valence-corrected chi connectivity index (χ4v) is 3.33. The predicted molar refractivity (Wildman–Crippen MR) is 128 cm³/mol. The Morgan fingerprint density at radius 3 is 2.50 bits per heavy atom. The standard InChI is InChI=1S/C21H37N5O.HI/c1-17(2)14-26-10-11-27-20(16-26)13-24-21(22-3)23-12-18-6-8-19(9-7-18)15-25(4)5;/h6-9,17,20H,10-16H2,1-5H3,(H2,22,23,24);1H. The van der Waals surface area contributed by atoms with Gasteiger partial charge in [-0.2, -0.15) is 0 Å². The summed E-state index contributed by atoms with van der Waals surface area (Å²) in [5.41, 5.74) is 2.57. The number of nitrogens with zero attached hydrogens (tertiary/aromatic N) is 3. The third-order valence-corrected chi connectivity index (χ3v) is 4.55. The molecule has 6 nitrogen and oxygen atoms in total. The molecule has 1 fully saturated rings. The Hall–Kier alpha value is -0.900. The highest BCUT2D eigenvalue weighted by Crippen LogP contribution is 2.08. The van der Waals surface area contributed by atoms with Gasteiger partial charge in [-0.3, -0.25) is 9.89 Å². The molecule has 0 spiro atoms. The van der Waals surface area contributed by atoms with Crippen LogP contribution in [0, 0.1) is 5.92 Å². The maximum absolute atomic E-state index is 5.90. The summed E-state index contributed by atoms with van der Waals surface area (Å²) in [5.74, 6) is 1.51. The van der Waals surface area contributed by atoms with E-state index in [2.05, 4.69) is 77.6 Å². The summed E-state index contributed by atoms with van der Waals surface area (Å²) < 4.78 is 5.90. The number of aliphatic imine (C=N–C) groups is 1. The molecule has 0 bridgehead atoms. The van der Waals surface area contributed by atoms with Crippen LogP contribution in [-0.4, -0.2) is 75.8 Å². The molecule has 1 aliphatic heterocycles. The Bertz CT molecular complexity index is 577. The molecule has 2 N–H and O–H groups in total. The topological polar surface area (TPSA) is 52.1 Å². The molecule has 1 heterocycles. The Morgan fingerprint density at radius 1 is 1.21 bits per heavy atom. The molecule has 0 saturated carbocycles. The highest BCUT2D eigenvalue weighted by molar-refractivity contribution is 14.0. The van der Waals surface area contributed by atoms with Gasteiger partial charge in [0.15, 0.2) is 5.96 Å². The second-order valence-electron chi connectivity index (χ2n) is 8.01. The van der Waals surface area contributed by atoms with Crippen molar-refractivity contribution in [3.8, 4) is 0 Å². The maximum atomic E-state index is 5.90. The third kappa shape index (κ3) is 9.54. The van der Waals surface area contributed by atoms with Crippen LogP contribution in [0.1, 0.15) is 25.0 Å². The van der Waals surface area contributed by atoms with Crippen molar-refractivity contribution in [1.29, 1.82) is 0 Å². The smallest absolute Gasteiger partial charge is 0.191 e. The number of morpholine rings is 1. The van der Waals surface area contributed by atoms with E-state index >= 15 is 0 Å². The van der Waals surface area contributed by atoms with Crippen molar-refractivity contribution in [2.24, 2.45) is 10.9 Å². The van der Waals surface area contributed by atoms with E-state index in [9.17, 15) is 0 Å². The summed E-state index contributed by atoms with van der Waals surface area (Å²) in [6, 6.07) is 8.72. The monoisotopic (exact) mass is 503 g/mol. The first-order chi connectivity index (χ1) is 13.0. The van der Waals surface area contributed by atoms with Crippen molar-refractivity contribution < 1.29 is 4.74 Å². The van der Waals surface area contributed by atoms with Crippen LogP contribution >= 0.6 is 24.0 Å². The van der Waals surface area contributed by atoms with Gasteiger partial charge in [-0.1, -0.05) is 38.1 Å². The second kappa shape index (κ2) is 13.3.